The second-order valence-corrected chi connectivity index (χ2v) is 5.72. The molecule has 0 aliphatic carbocycles. The van der Waals surface area contributed by atoms with Crippen molar-refractivity contribution >= 4 is 29.7 Å². The molecule has 0 bridgehead atoms. The van der Waals surface area contributed by atoms with Crippen molar-refractivity contribution in [2.45, 2.75) is 26.3 Å². The molecule has 20 heavy (non-hydrogen) atoms. The van der Waals surface area contributed by atoms with Crippen molar-refractivity contribution < 1.29 is 4.79 Å². The van der Waals surface area contributed by atoms with Crippen molar-refractivity contribution in [3.63, 3.8) is 0 Å². The van der Waals surface area contributed by atoms with Crippen LogP contribution in [0.2, 0.25) is 0 Å². The van der Waals surface area contributed by atoms with Crippen molar-refractivity contribution in [3.05, 3.63) is 16.1 Å². The SMILES string of the molecule is CCc1nc(CN2CCN(C(=O)CCN)CC2)cs1.Cl. The third kappa shape index (κ3) is 4.70. The van der Waals surface area contributed by atoms with E-state index in [2.05, 4.69) is 22.2 Å². The van der Waals surface area contributed by atoms with Gasteiger partial charge < -0.3 is 10.6 Å². The van der Waals surface area contributed by atoms with E-state index in [1.54, 1.807) is 11.3 Å². The number of nitrogens with two attached hydrogens (primary N) is 1. The summed E-state index contributed by atoms with van der Waals surface area (Å²) in [5.74, 6) is 0.184. The molecule has 1 aliphatic heterocycles. The number of halogens is 1. The Kier molecular flexibility index (Phi) is 7.43. The predicted molar refractivity (Wildman–Crippen MR) is 84.3 cm³/mol. The van der Waals surface area contributed by atoms with Crippen LogP contribution in [0.25, 0.3) is 0 Å². The maximum atomic E-state index is 11.7. The zero-order valence-corrected chi connectivity index (χ0v) is 13.5. The molecule has 0 unspecified atom stereocenters. The molecule has 0 spiro atoms. The summed E-state index contributed by atoms with van der Waals surface area (Å²) in [5.41, 5.74) is 6.57. The standard InChI is InChI=1S/C13H22N4OS.ClH/c1-2-12-15-11(10-19-12)9-16-5-7-17(8-6-16)13(18)3-4-14;/h10H,2-9,14H2,1H3;1H. The van der Waals surface area contributed by atoms with Crippen LogP contribution in [-0.2, 0) is 17.8 Å². The van der Waals surface area contributed by atoms with Gasteiger partial charge in [0.25, 0.3) is 0 Å². The molecular formula is C13H23ClN4OS. The number of hydrogen-bond acceptors (Lipinski definition) is 5. The first-order chi connectivity index (χ1) is 9.22. The lowest BCUT2D eigenvalue weighted by atomic mass is 10.2. The molecule has 1 saturated heterocycles. The van der Waals surface area contributed by atoms with E-state index in [9.17, 15) is 4.79 Å². The molecule has 1 amide bonds. The molecule has 0 atom stereocenters. The van der Waals surface area contributed by atoms with Crippen LogP contribution in [0.15, 0.2) is 5.38 Å². The summed E-state index contributed by atoms with van der Waals surface area (Å²) in [6, 6.07) is 0. The molecule has 2 rings (SSSR count). The molecule has 1 fully saturated rings. The quantitative estimate of drug-likeness (QED) is 0.883. The van der Waals surface area contributed by atoms with Gasteiger partial charge in [0, 0.05) is 51.1 Å². The van der Waals surface area contributed by atoms with Crippen molar-refractivity contribution in [1.29, 1.82) is 0 Å². The Morgan fingerprint density at radius 3 is 2.65 bits per heavy atom. The molecule has 1 aromatic rings. The van der Waals surface area contributed by atoms with E-state index >= 15 is 0 Å². The first-order valence-corrected chi connectivity index (χ1v) is 7.74. The lowest BCUT2D eigenvalue weighted by Crippen LogP contribution is -2.48. The zero-order chi connectivity index (χ0) is 13.7. The second-order valence-electron chi connectivity index (χ2n) is 4.78. The summed E-state index contributed by atoms with van der Waals surface area (Å²) >= 11 is 1.73. The molecule has 0 saturated carbocycles. The normalized spacial score (nSPS) is 16.0. The predicted octanol–water partition coefficient (Wildman–Crippen LogP) is 1.12. The Hall–Kier alpha value is -0.690. The van der Waals surface area contributed by atoms with Gasteiger partial charge in [-0.1, -0.05) is 6.92 Å². The molecule has 2 heterocycles. The van der Waals surface area contributed by atoms with Gasteiger partial charge in [-0.25, -0.2) is 4.98 Å². The molecule has 1 aromatic heterocycles. The molecule has 2 N–H and O–H groups in total. The molecular weight excluding hydrogens is 296 g/mol. The summed E-state index contributed by atoms with van der Waals surface area (Å²) < 4.78 is 0. The van der Waals surface area contributed by atoms with E-state index in [4.69, 9.17) is 5.73 Å². The highest BCUT2D eigenvalue weighted by Crippen LogP contribution is 2.13. The van der Waals surface area contributed by atoms with Crippen molar-refractivity contribution in [1.82, 2.24) is 14.8 Å². The maximum Gasteiger partial charge on any atom is 0.223 e. The topological polar surface area (TPSA) is 62.5 Å². The number of thiazole rings is 1. The smallest absolute Gasteiger partial charge is 0.223 e. The van der Waals surface area contributed by atoms with Crippen LogP contribution in [0.4, 0.5) is 0 Å². The van der Waals surface area contributed by atoms with Gasteiger partial charge in [-0.15, -0.1) is 23.7 Å². The molecule has 114 valence electrons. The Morgan fingerprint density at radius 2 is 2.10 bits per heavy atom. The van der Waals surface area contributed by atoms with Crippen LogP contribution >= 0.6 is 23.7 Å². The zero-order valence-electron chi connectivity index (χ0n) is 11.9. The fourth-order valence-electron chi connectivity index (χ4n) is 2.25. The number of rotatable bonds is 5. The van der Waals surface area contributed by atoms with E-state index in [-0.39, 0.29) is 18.3 Å². The van der Waals surface area contributed by atoms with E-state index in [1.165, 1.54) is 5.01 Å². The highest BCUT2D eigenvalue weighted by molar-refractivity contribution is 7.09. The van der Waals surface area contributed by atoms with Gasteiger partial charge in [0.1, 0.15) is 0 Å². The van der Waals surface area contributed by atoms with Crippen LogP contribution in [-0.4, -0.2) is 53.4 Å². The highest BCUT2D eigenvalue weighted by atomic mass is 35.5. The number of aryl methyl sites for hydroxylation is 1. The number of amides is 1. The third-order valence-electron chi connectivity index (χ3n) is 3.37. The lowest BCUT2D eigenvalue weighted by Gasteiger charge is -2.34. The van der Waals surface area contributed by atoms with E-state index < -0.39 is 0 Å². The fraction of sp³-hybridized carbons (Fsp3) is 0.692. The number of carbonyl (C=O) groups is 1. The largest absolute Gasteiger partial charge is 0.340 e. The van der Waals surface area contributed by atoms with Crippen molar-refractivity contribution in [2.24, 2.45) is 5.73 Å². The summed E-state index contributed by atoms with van der Waals surface area (Å²) in [5, 5.41) is 3.34. The first-order valence-electron chi connectivity index (χ1n) is 6.86. The van der Waals surface area contributed by atoms with Crippen LogP contribution < -0.4 is 5.73 Å². The highest BCUT2D eigenvalue weighted by Gasteiger charge is 2.20. The maximum absolute atomic E-state index is 11.7. The third-order valence-corrected chi connectivity index (χ3v) is 4.41. The molecule has 0 aromatic carbocycles. The lowest BCUT2D eigenvalue weighted by molar-refractivity contribution is -0.132. The van der Waals surface area contributed by atoms with Gasteiger partial charge >= 0.3 is 0 Å². The van der Waals surface area contributed by atoms with Crippen LogP contribution in [0.1, 0.15) is 24.0 Å². The average Bonchev–Trinajstić information content (AvgIpc) is 2.87. The first kappa shape index (κ1) is 17.4. The van der Waals surface area contributed by atoms with Crippen LogP contribution in [0, 0.1) is 0 Å². The minimum Gasteiger partial charge on any atom is -0.340 e. The van der Waals surface area contributed by atoms with E-state index in [0.717, 1.165) is 44.8 Å². The fourth-order valence-corrected chi connectivity index (χ4v) is 2.99. The Bertz CT molecular complexity index is 418. The Balaban J connectivity index is 0.00000200. The number of piperazine rings is 1. The molecule has 7 heteroatoms. The summed E-state index contributed by atoms with van der Waals surface area (Å²) in [6.45, 7) is 6.94. The van der Waals surface area contributed by atoms with Gasteiger partial charge in [-0.2, -0.15) is 0 Å². The van der Waals surface area contributed by atoms with Gasteiger partial charge in [0.2, 0.25) is 5.91 Å². The Morgan fingerprint density at radius 1 is 1.40 bits per heavy atom. The summed E-state index contributed by atoms with van der Waals surface area (Å²) in [7, 11) is 0. The van der Waals surface area contributed by atoms with Crippen LogP contribution in [0.3, 0.4) is 0 Å². The van der Waals surface area contributed by atoms with Gasteiger partial charge in [-0.3, -0.25) is 9.69 Å². The molecule has 5 nitrogen and oxygen atoms in total. The van der Waals surface area contributed by atoms with Crippen LogP contribution in [0.5, 0.6) is 0 Å². The van der Waals surface area contributed by atoms with Gasteiger partial charge in [0.05, 0.1) is 10.7 Å². The number of carbonyl (C=O) groups excluding carboxylic acids is 1. The minimum atomic E-state index is 0. The van der Waals surface area contributed by atoms with E-state index in [1.807, 2.05) is 4.90 Å². The van der Waals surface area contributed by atoms with Gasteiger partial charge in [0.15, 0.2) is 0 Å². The second kappa shape index (κ2) is 8.56. The van der Waals surface area contributed by atoms with Crippen molar-refractivity contribution in [2.75, 3.05) is 32.7 Å². The molecule has 1 aliphatic rings. The monoisotopic (exact) mass is 318 g/mol. The number of hydrogen-bond donors (Lipinski definition) is 1. The Labute approximate surface area is 130 Å². The molecule has 0 radical (unpaired) electrons. The number of aromatic nitrogens is 1. The van der Waals surface area contributed by atoms with E-state index in [0.29, 0.717) is 13.0 Å². The number of nitrogens with zero attached hydrogens (tertiary/aromatic N) is 3. The average molecular weight is 319 g/mol. The summed E-state index contributed by atoms with van der Waals surface area (Å²) in [6.07, 6.45) is 1.47. The van der Waals surface area contributed by atoms with Crippen molar-refractivity contribution in [3.8, 4) is 0 Å². The summed E-state index contributed by atoms with van der Waals surface area (Å²) in [4.78, 5) is 20.6. The minimum absolute atomic E-state index is 0. The van der Waals surface area contributed by atoms with Gasteiger partial charge in [-0.05, 0) is 6.42 Å².